The van der Waals surface area contributed by atoms with E-state index in [1.165, 1.54) is 0 Å². The third-order valence-corrected chi connectivity index (χ3v) is 4.18. The van der Waals surface area contributed by atoms with Crippen LogP contribution in [0.3, 0.4) is 0 Å². The van der Waals surface area contributed by atoms with E-state index in [9.17, 15) is 4.79 Å². The first-order chi connectivity index (χ1) is 12.3. The zero-order chi connectivity index (χ0) is 17.1. The van der Waals surface area contributed by atoms with Gasteiger partial charge in [-0.05, 0) is 43.2 Å². The predicted molar refractivity (Wildman–Crippen MR) is 95.0 cm³/mol. The standard InChI is InChI=1S/C19H19N3O3/c23-18(22-19-20-16-8-1-2-9-17(16)21-19)13-5-3-6-14(11-13)25-12-15-7-4-10-24-15/h1-3,5-6,8-9,11,15H,4,7,10,12H2,(H2,20,21,22,23). The molecule has 128 valence electrons. The van der Waals surface area contributed by atoms with Gasteiger partial charge in [0.25, 0.3) is 5.91 Å². The summed E-state index contributed by atoms with van der Waals surface area (Å²) in [6.07, 6.45) is 2.24. The van der Waals surface area contributed by atoms with Gasteiger partial charge in [0.15, 0.2) is 0 Å². The van der Waals surface area contributed by atoms with Crippen molar-refractivity contribution in [1.82, 2.24) is 9.97 Å². The molecule has 1 unspecified atom stereocenters. The summed E-state index contributed by atoms with van der Waals surface area (Å²) < 4.78 is 11.3. The van der Waals surface area contributed by atoms with E-state index in [2.05, 4.69) is 15.3 Å². The number of amides is 1. The topological polar surface area (TPSA) is 76.2 Å². The molecule has 1 saturated heterocycles. The molecule has 1 amide bonds. The van der Waals surface area contributed by atoms with E-state index in [0.717, 1.165) is 30.5 Å². The molecule has 0 aliphatic carbocycles. The second-order valence-corrected chi connectivity index (χ2v) is 6.03. The molecule has 3 aromatic rings. The van der Waals surface area contributed by atoms with Gasteiger partial charge in [-0.25, -0.2) is 4.98 Å². The monoisotopic (exact) mass is 337 g/mol. The second kappa shape index (κ2) is 6.94. The fourth-order valence-electron chi connectivity index (χ4n) is 2.88. The Morgan fingerprint density at radius 2 is 2.20 bits per heavy atom. The fraction of sp³-hybridized carbons (Fsp3) is 0.263. The summed E-state index contributed by atoms with van der Waals surface area (Å²) in [6.45, 7) is 1.31. The molecule has 1 aliphatic heterocycles. The van der Waals surface area contributed by atoms with E-state index in [1.807, 2.05) is 30.3 Å². The van der Waals surface area contributed by atoms with Gasteiger partial charge in [0.05, 0.1) is 17.1 Å². The van der Waals surface area contributed by atoms with Crippen LogP contribution in [0.5, 0.6) is 5.75 Å². The Bertz CT molecular complexity index is 851. The predicted octanol–water partition coefficient (Wildman–Crippen LogP) is 3.37. The molecular formula is C19H19N3O3. The van der Waals surface area contributed by atoms with E-state index in [4.69, 9.17) is 9.47 Å². The molecule has 1 aromatic heterocycles. The number of rotatable bonds is 5. The first-order valence-corrected chi connectivity index (χ1v) is 8.38. The van der Waals surface area contributed by atoms with E-state index >= 15 is 0 Å². The summed E-state index contributed by atoms with van der Waals surface area (Å²) in [6, 6.07) is 14.7. The number of hydrogen-bond donors (Lipinski definition) is 2. The van der Waals surface area contributed by atoms with E-state index in [-0.39, 0.29) is 12.0 Å². The Kier molecular flexibility index (Phi) is 4.35. The molecule has 0 bridgehead atoms. The first-order valence-electron chi connectivity index (χ1n) is 8.38. The highest BCUT2D eigenvalue weighted by Gasteiger charge is 2.16. The van der Waals surface area contributed by atoms with Crippen molar-refractivity contribution >= 4 is 22.9 Å². The summed E-state index contributed by atoms with van der Waals surface area (Å²) in [5.74, 6) is 0.853. The Hall–Kier alpha value is -2.86. The number of hydrogen-bond acceptors (Lipinski definition) is 4. The normalized spacial score (nSPS) is 16.9. The maximum Gasteiger partial charge on any atom is 0.258 e. The van der Waals surface area contributed by atoms with E-state index in [0.29, 0.717) is 23.9 Å². The maximum atomic E-state index is 12.5. The molecule has 1 fully saturated rings. The summed E-state index contributed by atoms with van der Waals surface area (Å²) in [4.78, 5) is 19.9. The molecule has 2 heterocycles. The van der Waals surface area contributed by atoms with Gasteiger partial charge in [-0.2, -0.15) is 0 Å². The Morgan fingerprint density at radius 3 is 3.04 bits per heavy atom. The average Bonchev–Trinajstić information content (AvgIpc) is 3.29. The minimum Gasteiger partial charge on any atom is -0.491 e. The molecule has 25 heavy (non-hydrogen) atoms. The molecule has 1 aliphatic rings. The smallest absolute Gasteiger partial charge is 0.258 e. The Labute approximate surface area is 145 Å². The highest BCUT2D eigenvalue weighted by atomic mass is 16.5. The van der Waals surface area contributed by atoms with Gasteiger partial charge >= 0.3 is 0 Å². The van der Waals surface area contributed by atoms with Crippen molar-refractivity contribution in [2.24, 2.45) is 0 Å². The minimum atomic E-state index is -0.235. The van der Waals surface area contributed by atoms with Gasteiger partial charge < -0.3 is 14.5 Å². The molecule has 6 heteroatoms. The number of aromatic amines is 1. The van der Waals surface area contributed by atoms with Crippen LogP contribution in [-0.4, -0.2) is 35.2 Å². The number of benzene rings is 2. The highest BCUT2D eigenvalue weighted by molar-refractivity contribution is 6.04. The molecule has 0 spiro atoms. The summed E-state index contributed by atoms with van der Waals surface area (Å²) in [5.41, 5.74) is 2.21. The van der Waals surface area contributed by atoms with Crippen molar-refractivity contribution in [3.63, 3.8) is 0 Å². The summed E-state index contributed by atoms with van der Waals surface area (Å²) >= 11 is 0. The Balaban J connectivity index is 1.43. The van der Waals surface area contributed by atoms with Gasteiger partial charge in [0.1, 0.15) is 12.4 Å². The largest absolute Gasteiger partial charge is 0.491 e. The number of carbonyl (C=O) groups is 1. The number of nitrogens with one attached hydrogen (secondary N) is 2. The zero-order valence-corrected chi connectivity index (χ0v) is 13.7. The SMILES string of the molecule is O=C(Nc1nc2ccccc2[nH]1)c1cccc(OCC2CCCO2)c1. The van der Waals surface area contributed by atoms with Gasteiger partial charge in [-0.3, -0.25) is 10.1 Å². The van der Waals surface area contributed by atoms with Crippen molar-refractivity contribution in [3.8, 4) is 5.75 Å². The average molecular weight is 337 g/mol. The lowest BCUT2D eigenvalue weighted by Gasteiger charge is -2.12. The van der Waals surface area contributed by atoms with Crippen LogP contribution in [0.25, 0.3) is 11.0 Å². The highest BCUT2D eigenvalue weighted by Crippen LogP contribution is 2.19. The summed E-state index contributed by atoms with van der Waals surface area (Å²) in [7, 11) is 0. The maximum absolute atomic E-state index is 12.5. The molecule has 2 N–H and O–H groups in total. The summed E-state index contributed by atoms with van der Waals surface area (Å²) in [5, 5.41) is 2.79. The van der Waals surface area contributed by atoms with E-state index < -0.39 is 0 Å². The van der Waals surface area contributed by atoms with Gasteiger partial charge in [0.2, 0.25) is 5.95 Å². The molecule has 4 rings (SSSR count). The van der Waals surface area contributed by atoms with Gasteiger partial charge in [-0.15, -0.1) is 0 Å². The van der Waals surface area contributed by atoms with Crippen LogP contribution >= 0.6 is 0 Å². The van der Waals surface area contributed by atoms with Crippen LogP contribution in [-0.2, 0) is 4.74 Å². The lowest BCUT2D eigenvalue weighted by molar-refractivity contribution is 0.0679. The molecule has 0 saturated carbocycles. The number of imidazole rings is 1. The van der Waals surface area contributed by atoms with Crippen molar-refractivity contribution in [2.45, 2.75) is 18.9 Å². The fourth-order valence-corrected chi connectivity index (χ4v) is 2.88. The van der Waals surface area contributed by atoms with Crippen molar-refractivity contribution < 1.29 is 14.3 Å². The van der Waals surface area contributed by atoms with Crippen molar-refractivity contribution in [2.75, 3.05) is 18.5 Å². The van der Waals surface area contributed by atoms with Crippen LogP contribution < -0.4 is 10.1 Å². The number of anilines is 1. The molecular weight excluding hydrogens is 318 g/mol. The van der Waals surface area contributed by atoms with E-state index in [1.54, 1.807) is 18.2 Å². The van der Waals surface area contributed by atoms with Crippen molar-refractivity contribution in [1.29, 1.82) is 0 Å². The van der Waals surface area contributed by atoms with Crippen LogP contribution in [0, 0.1) is 0 Å². The second-order valence-electron chi connectivity index (χ2n) is 6.03. The number of carbonyl (C=O) groups excluding carboxylic acids is 1. The van der Waals surface area contributed by atoms with Crippen LogP contribution in [0.15, 0.2) is 48.5 Å². The van der Waals surface area contributed by atoms with Gasteiger partial charge in [-0.1, -0.05) is 18.2 Å². The van der Waals surface area contributed by atoms with Crippen LogP contribution in [0.1, 0.15) is 23.2 Å². The van der Waals surface area contributed by atoms with Crippen LogP contribution in [0.4, 0.5) is 5.95 Å². The lowest BCUT2D eigenvalue weighted by Crippen LogP contribution is -2.17. The number of ether oxygens (including phenoxy) is 2. The number of para-hydroxylation sites is 2. The lowest BCUT2D eigenvalue weighted by atomic mass is 10.2. The molecule has 6 nitrogen and oxygen atoms in total. The zero-order valence-electron chi connectivity index (χ0n) is 13.7. The molecule has 2 aromatic carbocycles. The Morgan fingerprint density at radius 1 is 1.28 bits per heavy atom. The molecule has 0 radical (unpaired) electrons. The third kappa shape index (κ3) is 3.64. The number of aromatic nitrogens is 2. The molecule has 1 atom stereocenters. The van der Waals surface area contributed by atoms with Gasteiger partial charge in [0, 0.05) is 12.2 Å². The third-order valence-electron chi connectivity index (χ3n) is 4.18. The quantitative estimate of drug-likeness (QED) is 0.748. The number of nitrogens with zero attached hydrogens (tertiary/aromatic N) is 1. The number of fused-ring (bicyclic) bond motifs is 1. The first kappa shape index (κ1) is 15.7. The minimum absolute atomic E-state index is 0.146. The van der Waals surface area contributed by atoms with Crippen LogP contribution in [0.2, 0.25) is 0 Å². The number of H-pyrrole nitrogens is 1. The van der Waals surface area contributed by atoms with Crippen molar-refractivity contribution in [3.05, 3.63) is 54.1 Å².